The first-order chi connectivity index (χ1) is 16.6. The van der Waals surface area contributed by atoms with Gasteiger partial charge in [-0.1, -0.05) is 96.5 Å². The highest BCUT2D eigenvalue weighted by Crippen LogP contribution is 2.41. The first-order valence-electron chi connectivity index (χ1n) is 11.0. The molecule has 6 rings (SSSR count). The highest BCUT2D eigenvalue weighted by Gasteiger charge is 2.19. The molecule has 6 aromatic carbocycles. The molecule has 6 aromatic rings. The van der Waals surface area contributed by atoms with Gasteiger partial charge < -0.3 is 0 Å². The minimum absolute atomic E-state index is 0.0362. The molecule has 0 aliphatic carbocycles. The molecule has 0 N–H and O–H groups in total. The van der Waals surface area contributed by atoms with Crippen LogP contribution in [0.2, 0.25) is 5.02 Å². The van der Waals surface area contributed by atoms with Crippen molar-refractivity contribution in [1.29, 1.82) is 0 Å². The second-order valence-corrected chi connectivity index (χ2v) is 8.75. The Labute approximate surface area is 201 Å². The van der Waals surface area contributed by atoms with Gasteiger partial charge in [0.05, 0.1) is 10.5 Å². The number of hydrogen-bond donors (Lipinski definition) is 0. The topological polar surface area (TPSA) is 43.1 Å². The smallest absolute Gasteiger partial charge is 0.258 e. The fourth-order valence-corrected chi connectivity index (χ4v) is 5.10. The van der Waals surface area contributed by atoms with Crippen LogP contribution in [0.5, 0.6) is 0 Å². The van der Waals surface area contributed by atoms with Crippen LogP contribution in [0.25, 0.3) is 54.6 Å². The summed E-state index contributed by atoms with van der Waals surface area (Å²) in [5.41, 5.74) is 3.25. The average molecular weight is 460 g/mol. The molecule has 0 spiro atoms. The number of benzene rings is 6. The van der Waals surface area contributed by atoms with Crippen molar-refractivity contribution in [2.75, 3.05) is 0 Å². The van der Waals surface area contributed by atoms with Crippen LogP contribution >= 0.6 is 11.6 Å². The number of nitro benzene ring substituents is 1. The summed E-state index contributed by atoms with van der Waals surface area (Å²) in [7, 11) is 0. The molecule has 0 aromatic heterocycles. The molecule has 0 saturated heterocycles. The van der Waals surface area contributed by atoms with Gasteiger partial charge in [-0.3, -0.25) is 10.1 Å². The van der Waals surface area contributed by atoms with Crippen LogP contribution in [0, 0.1) is 10.1 Å². The lowest BCUT2D eigenvalue weighted by Gasteiger charge is -2.14. The zero-order valence-electron chi connectivity index (χ0n) is 18.0. The standard InChI is InChI=1S/C30H18ClNO2/c31-20-14-16-30(32(33)34)29(18-20)22-8-2-1-7-21(22)19-13-15-27-25-11-4-3-9-23(25)24-10-5-6-12-26(24)28(27)17-19/h1-18H. The Morgan fingerprint density at radius 1 is 0.529 bits per heavy atom. The molecule has 162 valence electrons. The largest absolute Gasteiger partial charge is 0.277 e. The first-order valence-corrected chi connectivity index (χ1v) is 11.4. The molecule has 0 amide bonds. The first kappa shape index (κ1) is 20.4. The minimum Gasteiger partial charge on any atom is -0.258 e. The Hall–Kier alpha value is -4.21. The molecule has 0 aliphatic heterocycles. The summed E-state index contributed by atoms with van der Waals surface area (Å²) in [5.74, 6) is 0. The van der Waals surface area contributed by atoms with Gasteiger partial charge in [0.2, 0.25) is 0 Å². The zero-order chi connectivity index (χ0) is 23.2. The third-order valence-corrected chi connectivity index (χ3v) is 6.66. The quantitative estimate of drug-likeness (QED) is 0.150. The SMILES string of the molecule is O=[N+]([O-])c1ccc(Cl)cc1-c1ccccc1-c1ccc2c3ccccc3c3ccccc3c2c1. The van der Waals surface area contributed by atoms with Crippen molar-refractivity contribution in [2.24, 2.45) is 0 Å². The number of rotatable bonds is 3. The number of halogens is 1. The van der Waals surface area contributed by atoms with Crippen LogP contribution in [0.1, 0.15) is 0 Å². The van der Waals surface area contributed by atoms with E-state index in [9.17, 15) is 10.1 Å². The van der Waals surface area contributed by atoms with Crippen LogP contribution in [0.3, 0.4) is 0 Å². The maximum absolute atomic E-state index is 11.8. The molecular formula is C30H18ClNO2. The molecule has 34 heavy (non-hydrogen) atoms. The summed E-state index contributed by atoms with van der Waals surface area (Å²) in [6, 6.07) is 35.8. The van der Waals surface area contributed by atoms with Gasteiger partial charge in [-0.15, -0.1) is 0 Å². The average Bonchev–Trinajstić information content (AvgIpc) is 2.88. The second-order valence-electron chi connectivity index (χ2n) is 8.32. The maximum atomic E-state index is 11.8. The van der Waals surface area contributed by atoms with Crippen molar-refractivity contribution in [3.8, 4) is 22.3 Å². The van der Waals surface area contributed by atoms with Crippen LogP contribution < -0.4 is 0 Å². The van der Waals surface area contributed by atoms with Crippen molar-refractivity contribution in [1.82, 2.24) is 0 Å². The number of fused-ring (bicyclic) bond motifs is 6. The monoisotopic (exact) mass is 459 g/mol. The third kappa shape index (κ3) is 3.21. The normalized spacial score (nSPS) is 11.3. The molecule has 0 heterocycles. The van der Waals surface area contributed by atoms with Crippen LogP contribution in [-0.4, -0.2) is 4.92 Å². The van der Waals surface area contributed by atoms with E-state index in [2.05, 4.69) is 66.7 Å². The third-order valence-electron chi connectivity index (χ3n) is 6.43. The van der Waals surface area contributed by atoms with E-state index in [-0.39, 0.29) is 10.6 Å². The van der Waals surface area contributed by atoms with Gasteiger partial charge in [-0.25, -0.2) is 0 Å². The van der Waals surface area contributed by atoms with Crippen molar-refractivity contribution >= 4 is 49.6 Å². The fourth-order valence-electron chi connectivity index (χ4n) is 4.93. The predicted octanol–water partition coefficient (Wildman–Crippen LogP) is 9.04. The fraction of sp³-hybridized carbons (Fsp3) is 0. The lowest BCUT2D eigenvalue weighted by molar-refractivity contribution is -0.384. The molecule has 0 aliphatic rings. The molecule has 3 nitrogen and oxygen atoms in total. The lowest BCUT2D eigenvalue weighted by Crippen LogP contribution is -1.94. The van der Waals surface area contributed by atoms with E-state index < -0.39 is 0 Å². The van der Waals surface area contributed by atoms with Crippen molar-refractivity contribution in [2.45, 2.75) is 0 Å². The number of hydrogen-bond acceptors (Lipinski definition) is 2. The van der Waals surface area contributed by atoms with Gasteiger partial charge in [-0.05, 0) is 67.2 Å². The van der Waals surface area contributed by atoms with Gasteiger partial charge in [0, 0.05) is 11.1 Å². The zero-order valence-corrected chi connectivity index (χ0v) is 18.8. The van der Waals surface area contributed by atoms with E-state index in [0.29, 0.717) is 10.6 Å². The lowest BCUT2D eigenvalue weighted by atomic mass is 9.89. The van der Waals surface area contributed by atoms with E-state index in [4.69, 9.17) is 11.6 Å². The van der Waals surface area contributed by atoms with Gasteiger partial charge in [0.1, 0.15) is 0 Å². The molecule has 4 heteroatoms. The predicted molar refractivity (Wildman–Crippen MR) is 141 cm³/mol. The second kappa shape index (κ2) is 7.98. The molecular weight excluding hydrogens is 442 g/mol. The van der Waals surface area contributed by atoms with Gasteiger partial charge >= 0.3 is 0 Å². The molecule has 0 bridgehead atoms. The summed E-state index contributed by atoms with van der Waals surface area (Å²) >= 11 is 6.25. The number of nitrogens with zero attached hydrogens (tertiary/aromatic N) is 1. The maximum Gasteiger partial charge on any atom is 0.277 e. The Morgan fingerprint density at radius 3 is 1.68 bits per heavy atom. The summed E-state index contributed by atoms with van der Waals surface area (Å²) in [4.78, 5) is 11.4. The summed E-state index contributed by atoms with van der Waals surface area (Å²) < 4.78 is 0. The Balaban J connectivity index is 1.66. The summed E-state index contributed by atoms with van der Waals surface area (Å²) in [6.45, 7) is 0. The van der Waals surface area contributed by atoms with E-state index in [0.717, 1.165) is 22.1 Å². The Kier molecular flexibility index (Phi) is 4.79. The minimum atomic E-state index is -0.359. The van der Waals surface area contributed by atoms with Crippen molar-refractivity contribution in [3.63, 3.8) is 0 Å². The van der Waals surface area contributed by atoms with E-state index in [1.165, 1.54) is 33.0 Å². The van der Waals surface area contributed by atoms with E-state index in [1.54, 1.807) is 12.1 Å². The van der Waals surface area contributed by atoms with Crippen LogP contribution in [0.4, 0.5) is 5.69 Å². The summed E-state index contributed by atoms with van der Waals surface area (Å²) in [6.07, 6.45) is 0. The molecule has 0 radical (unpaired) electrons. The number of nitro groups is 1. The van der Waals surface area contributed by atoms with Gasteiger partial charge in [0.15, 0.2) is 0 Å². The van der Waals surface area contributed by atoms with Crippen LogP contribution in [0.15, 0.2) is 109 Å². The molecule has 0 saturated carbocycles. The van der Waals surface area contributed by atoms with Gasteiger partial charge in [0.25, 0.3) is 5.69 Å². The van der Waals surface area contributed by atoms with Crippen molar-refractivity contribution < 1.29 is 4.92 Å². The molecule has 0 atom stereocenters. The van der Waals surface area contributed by atoms with Crippen molar-refractivity contribution in [3.05, 3.63) is 124 Å². The highest BCUT2D eigenvalue weighted by molar-refractivity contribution is 6.31. The van der Waals surface area contributed by atoms with Gasteiger partial charge in [-0.2, -0.15) is 0 Å². The van der Waals surface area contributed by atoms with Crippen LogP contribution in [-0.2, 0) is 0 Å². The molecule has 0 fully saturated rings. The highest BCUT2D eigenvalue weighted by atomic mass is 35.5. The Morgan fingerprint density at radius 2 is 1.06 bits per heavy atom. The van der Waals surface area contributed by atoms with E-state index in [1.807, 2.05) is 24.3 Å². The molecule has 0 unspecified atom stereocenters. The Bertz CT molecular complexity index is 1720. The summed E-state index contributed by atoms with van der Waals surface area (Å²) in [5, 5.41) is 19.4. The van der Waals surface area contributed by atoms with E-state index >= 15 is 0 Å².